The summed E-state index contributed by atoms with van der Waals surface area (Å²) in [7, 11) is 0. The van der Waals surface area contributed by atoms with Gasteiger partial charge < -0.3 is 15.2 Å². The first-order valence-electron chi connectivity index (χ1n) is 7.00. The average Bonchev–Trinajstić information content (AvgIpc) is 2.47. The third kappa shape index (κ3) is 4.08. The largest absolute Gasteiger partial charge is 0.481 e. The van der Waals surface area contributed by atoms with Gasteiger partial charge in [0, 0.05) is 6.54 Å². The van der Waals surface area contributed by atoms with Crippen LogP contribution in [0.5, 0.6) is 5.88 Å². The molecular weight excluding hydrogens is 258 g/mol. The number of ether oxygens (including phenoxy) is 1. The lowest BCUT2D eigenvalue weighted by Crippen LogP contribution is -2.37. The smallest absolute Gasteiger partial charge is 0.311 e. The maximum absolute atomic E-state index is 11.4. The Morgan fingerprint density at radius 1 is 1.35 bits per heavy atom. The van der Waals surface area contributed by atoms with Crippen LogP contribution in [0.15, 0.2) is 12.4 Å². The molecule has 0 aliphatic rings. The van der Waals surface area contributed by atoms with E-state index in [-0.39, 0.29) is 0 Å². The highest BCUT2D eigenvalue weighted by molar-refractivity contribution is 5.75. The minimum absolute atomic E-state index is 0.321. The van der Waals surface area contributed by atoms with Crippen molar-refractivity contribution >= 4 is 11.8 Å². The van der Waals surface area contributed by atoms with Crippen LogP contribution < -0.4 is 10.1 Å². The zero-order valence-corrected chi connectivity index (χ0v) is 12.3. The Morgan fingerprint density at radius 3 is 2.60 bits per heavy atom. The molecule has 0 unspecified atom stereocenters. The predicted octanol–water partition coefficient (Wildman–Crippen LogP) is 2.57. The highest BCUT2D eigenvalue weighted by atomic mass is 16.5. The van der Waals surface area contributed by atoms with Crippen molar-refractivity contribution in [2.24, 2.45) is 5.41 Å². The maximum atomic E-state index is 11.4. The molecule has 2 N–H and O–H groups in total. The first-order valence-corrected chi connectivity index (χ1v) is 7.00. The van der Waals surface area contributed by atoms with E-state index >= 15 is 0 Å². The van der Waals surface area contributed by atoms with Gasteiger partial charge in [-0.2, -0.15) is 4.98 Å². The first-order chi connectivity index (χ1) is 9.57. The quantitative estimate of drug-likeness (QED) is 0.723. The van der Waals surface area contributed by atoms with Gasteiger partial charge in [0.25, 0.3) is 0 Å². The van der Waals surface area contributed by atoms with Gasteiger partial charge in [-0.3, -0.25) is 9.78 Å². The van der Waals surface area contributed by atoms with Crippen LogP contribution in [0.2, 0.25) is 0 Å². The zero-order chi connectivity index (χ0) is 15.0. The van der Waals surface area contributed by atoms with E-state index < -0.39 is 11.4 Å². The number of nitrogens with one attached hydrogen (secondary N) is 1. The van der Waals surface area contributed by atoms with Gasteiger partial charge in [-0.25, -0.2) is 0 Å². The molecular formula is C14H23N3O3. The summed E-state index contributed by atoms with van der Waals surface area (Å²) in [5.41, 5.74) is -0.776. The van der Waals surface area contributed by atoms with Crippen LogP contribution in [-0.4, -0.2) is 34.2 Å². The van der Waals surface area contributed by atoms with Crippen molar-refractivity contribution in [3.05, 3.63) is 12.4 Å². The Labute approximate surface area is 119 Å². The highest BCUT2D eigenvalue weighted by Gasteiger charge is 2.34. The summed E-state index contributed by atoms with van der Waals surface area (Å²) in [6, 6.07) is 0. The second-order valence-electron chi connectivity index (χ2n) is 4.74. The Morgan fingerprint density at radius 2 is 2.05 bits per heavy atom. The molecule has 1 rings (SSSR count). The Balaban J connectivity index is 2.70. The summed E-state index contributed by atoms with van der Waals surface area (Å²) < 4.78 is 5.40. The Hall–Kier alpha value is -1.85. The van der Waals surface area contributed by atoms with E-state index in [0.29, 0.717) is 37.7 Å². The molecule has 0 saturated carbocycles. The third-order valence-corrected chi connectivity index (χ3v) is 3.48. The van der Waals surface area contributed by atoms with Crippen LogP contribution >= 0.6 is 0 Å². The van der Waals surface area contributed by atoms with Gasteiger partial charge >= 0.3 is 5.97 Å². The molecule has 0 saturated heterocycles. The number of carboxylic acids is 1. The minimum Gasteiger partial charge on any atom is -0.481 e. The predicted molar refractivity (Wildman–Crippen MR) is 77.0 cm³/mol. The monoisotopic (exact) mass is 281 g/mol. The molecule has 0 aromatic carbocycles. The molecule has 1 heterocycles. The number of hydrogen-bond donors (Lipinski definition) is 2. The SMILES string of the molecule is CCCOc1cncc(NCC(CC)(CC)C(=O)O)n1. The number of aliphatic carboxylic acids is 1. The van der Waals surface area contributed by atoms with E-state index in [0.717, 1.165) is 6.42 Å². The van der Waals surface area contributed by atoms with Crippen LogP contribution in [-0.2, 0) is 4.79 Å². The van der Waals surface area contributed by atoms with E-state index in [9.17, 15) is 9.90 Å². The molecule has 1 aromatic heterocycles. The first kappa shape index (κ1) is 16.2. The summed E-state index contributed by atoms with van der Waals surface area (Å²) in [5, 5.41) is 12.4. The molecule has 0 atom stereocenters. The topological polar surface area (TPSA) is 84.3 Å². The van der Waals surface area contributed by atoms with Gasteiger partial charge in [-0.15, -0.1) is 0 Å². The third-order valence-electron chi connectivity index (χ3n) is 3.48. The highest BCUT2D eigenvalue weighted by Crippen LogP contribution is 2.27. The standard InChI is InChI=1S/C14H23N3O3/c1-4-7-20-12-9-15-8-11(17-12)16-10-14(5-2,6-3)13(18)19/h8-9H,4-7,10H2,1-3H3,(H,16,17)(H,18,19). The lowest BCUT2D eigenvalue weighted by molar-refractivity contribution is -0.148. The van der Waals surface area contributed by atoms with Crippen LogP contribution in [0.25, 0.3) is 0 Å². The molecule has 0 aliphatic carbocycles. The summed E-state index contributed by atoms with van der Waals surface area (Å²) in [6.45, 7) is 6.68. The second kappa shape index (κ2) is 7.67. The van der Waals surface area contributed by atoms with Crippen LogP contribution in [0.1, 0.15) is 40.0 Å². The van der Waals surface area contributed by atoms with Crippen molar-refractivity contribution in [1.82, 2.24) is 9.97 Å². The van der Waals surface area contributed by atoms with E-state index in [1.807, 2.05) is 20.8 Å². The lowest BCUT2D eigenvalue weighted by atomic mass is 9.82. The number of nitrogens with zero attached hydrogens (tertiary/aromatic N) is 2. The normalized spacial score (nSPS) is 11.2. The molecule has 0 amide bonds. The van der Waals surface area contributed by atoms with Crippen molar-refractivity contribution in [2.45, 2.75) is 40.0 Å². The Kier molecular flexibility index (Phi) is 6.21. The van der Waals surface area contributed by atoms with Crippen molar-refractivity contribution in [1.29, 1.82) is 0 Å². The number of carboxylic acid groups (broad SMARTS) is 1. The number of hydrogen-bond acceptors (Lipinski definition) is 5. The van der Waals surface area contributed by atoms with E-state index in [4.69, 9.17) is 4.74 Å². The molecule has 1 aromatic rings. The molecule has 0 fully saturated rings. The summed E-state index contributed by atoms with van der Waals surface area (Å²) in [4.78, 5) is 19.7. The number of carbonyl (C=O) groups is 1. The van der Waals surface area contributed by atoms with Gasteiger partial charge in [-0.1, -0.05) is 20.8 Å². The molecule has 0 radical (unpaired) electrons. The van der Waals surface area contributed by atoms with Gasteiger partial charge in [-0.05, 0) is 19.3 Å². The average molecular weight is 281 g/mol. The van der Waals surface area contributed by atoms with Crippen LogP contribution in [0.3, 0.4) is 0 Å². The molecule has 0 bridgehead atoms. The minimum atomic E-state index is -0.790. The molecule has 0 spiro atoms. The molecule has 112 valence electrons. The van der Waals surface area contributed by atoms with Crippen molar-refractivity contribution in [3.63, 3.8) is 0 Å². The number of aromatic nitrogens is 2. The second-order valence-corrected chi connectivity index (χ2v) is 4.74. The van der Waals surface area contributed by atoms with Gasteiger partial charge in [0.1, 0.15) is 5.82 Å². The summed E-state index contributed by atoms with van der Waals surface area (Å²) in [6.07, 6.45) is 5.13. The van der Waals surface area contributed by atoms with E-state index in [1.54, 1.807) is 12.4 Å². The van der Waals surface area contributed by atoms with Crippen molar-refractivity contribution < 1.29 is 14.6 Å². The van der Waals surface area contributed by atoms with E-state index in [1.165, 1.54) is 0 Å². The van der Waals surface area contributed by atoms with Crippen LogP contribution in [0.4, 0.5) is 5.82 Å². The number of rotatable bonds is 9. The summed E-state index contributed by atoms with van der Waals surface area (Å²) >= 11 is 0. The fraction of sp³-hybridized carbons (Fsp3) is 0.643. The fourth-order valence-electron chi connectivity index (χ4n) is 1.85. The molecule has 6 nitrogen and oxygen atoms in total. The maximum Gasteiger partial charge on any atom is 0.311 e. The van der Waals surface area contributed by atoms with Gasteiger partial charge in [0.2, 0.25) is 5.88 Å². The zero-order valence-electron chi connectivity index (χ0n) is 12.3. The van der Waals surface area contributed by atoms with E-state index in [2.05, 4.69) is 15.3 Å². The van der Waals surface area contributed by atoms with Crippen molar-refractivity contribution in [3.8, 4) is 5.88 Å². The van der Waals surface area contributed by atoms with Gasteiger partial charge in [0.05, 0.1) is 24.4 Å². The molecule has 0 aliphatic heterocycles. The van der Waals surface area contributed by atoms with Crippen molar-refractivity contribution in [2.75, 3.05) is 18.5 Å². The molecule has 20 heavy (non-hydrogen) atoms. The fourth-order valence-corrected chi connectivity index (χ4v) is 1.85. The Bertz CT molecular complexity index is 433. The van der Waals surface area contributed by atoms with Gasteiger partial charge in [0.15, 0.2) is 0 Å². The molecule has 6 heteroatoms. The van der Waals surface area contributed by atoms with Crippen LogP contribution in [0, 0.1) is 5.41 Å². The summed E-state index contributed by atoms with van der Waals surface area (Å²) in [5.74, 6) is 0.193. The lowest BCUT2D eigenvalue weighted by Gasteiger charge is -2.27. The number of anilines is 1.